The molecule has 0 aromatic rings. The van der Waals surface area contributed by atoms with E-state index in [-0.39, 0.29) is 12.3 Å². The van der Waals surface area contributed by atoms with Gasteiger partial charge in [0.2, 0.25) is 0 Å². The summed E-state index contributed by atoms with van der Waals surface area (Å²) in [5.41, 5.74) is 0. The molecule has 212 valence electrons. The summed E-state index contributed by atoms with van der Waals surface area (Å²) < 4.78 is 224. The summed E-state index contributed by atoms with van der Waals surface area (Å²) in [6.07, 6.45) is -10.1. The molecule has 0 aliphatic carbocycles. The van der Waals surface area contributed by atoms with Gasteiger partial charge in [-0.3, -0.25) is 0 Å². The second-order valence-electron chi connectivity index (χ2n) is 7.04. The first-order valence-corrected chi connectivity index (χ1v) is 10.4. The summed E-state index contributed by atoms with van der Waals surface area (Å²) in [4.78, 5) is 1.69. The van der Waals surface area contributed by atoms with Crippen LogP contribution in [-0.4, -0.2) is 83.7 Å². The van der Waals surface area contributed by atoms with Crippen molar-refractivity contribution in [2.45, 2.75) is 67.9 Å². The van der Waals surface area contributed by atoms with Crippen molar-refractivity contribution in [3.8, 4) is 0 Å². The summed E-state index contributed by atoms with van der Waals surface area (Å²) in [7, 11) is 0. The van der Waals surface area contributed by atoms with Crippen LogP contribution in [-0.2, 0) is 0 Å². The van der Waals surface area contributed by atoms with Crippen molar-refractivity contribution in [1.82, 2.24) is 4.90 Å². The van der Waals surface area contributed by atoms with Gasteiger partial charge >= 0.3 is 47.6 Å². The van der Waals surface area contributed by atoms with Gasteiger partial charge < -0.3 is 4.90 Å². The molecule has 19 heteroatoms. The Morgan fingerprint density at radius 1 is 0.486 bits per heavy atom. The van der Waals surface area contributed by atoms with Crippen LogP contribution in [0.15, 0.2) is 0 Å². The van der Waals surface area contributed by atoms with Crippen molar-refractivity contribution in [2.75, 3.05) is 31.1 Å². The largest absolute Gasteiger partial charge is 0.460 e. The van der Waals surface area contributed by atoms with E-state index < -0.39 is 59.8 Å². The molecule has 0 fully saturated rings. The van der Waals surface area contributed by atoms with Gasteiger partial charge in [0, 0.05) is 18.7 Å². The van der Waals surface area contributed by atoms with E-state index in [9.17, 15) is 74.6 Å². The molecule has 0 atom stereocenters. The van der Waals surface area contributed by atoms with Crippen LogP contribution in [0.3, 0.4) is 0 Å². The summed E-state index contributed by atoms with van der Waals surface area (Å²) in [5.74, 6) is -57.1. The molecule has 0 rings (SSSR count). The second kappa shape index (κ2) is 10.5. The van der Waals surface area contributed by atoms with Crippen LogP contribution < -0.4 is 0 Å². The zero-order valence-corrected chi connectivity index (χ0v) is 18.3. The lowest BCUT2D eigenvalue weighted by atomic mass is 9.88. The highest BCUT2D eigenvalue weighted by Crippen LogP contribution is 2.64. The van der Waals surface area contributed by atoms with E-state index in [0.717, 1.165) is 0 Å². The Labute approximate surface area is 191 Å². The van der Waals surface area contributed by atoms with Gasteiger partial charge in [0.25, 0.3) is 0 Å². The minimum absolute atomic E-state index is 0.0767. The monoisotopic (exact) mass is 579 g/mol. The highest BCUT2D eigenvalue weighted by molar-refractivity contribution is 7.99. The highest BCUT2D eigenvalue weighted by Gasteiger charge is 2.95. The van der Waals surface area contributed by atoms with E-state index in [4.69, 9.17) is 0 Å². The average molecular weight is 579 g/mol. The van der Waals surface area contributed by atoms with Gasteiger partial charge in [0.1, 0.15) is 0 Å². The molecule has 35 heavy (non-hydrogen) atoms. The molecular weight excluding hydrogens is 561 g/mol. The lowest BCUT2D eigenvalue weighted by Crippen LogP contribution is -2.74. The van der Waals surface area contributed by atoms with Crippen molar-refractivity contribution >= 4 is 11.8 Å². The van der Waals surface area contributed by atoms with E-state index in [0.29, 0.717) is 24.9 Å². The molecule has 0 saturated carbocycles. The van der Waals surface area contributed by atoms with Crippen molar-refractivity contribution in [2.24, 2.45) is 0 Å². The summed E-state index contributed by atoms with van der Waals surface area (Å²) in [5, 5.41) is 0. The lowest BCUT2D eigenvalue weighted by molar-refractivity contribution is -0.461. The van der Waals surface area contributed by atoms with Gasteiger partial charge in [-0.15, -0.1) is 0 Å². The van der Waals surface area contributed by atoms with Gasteiger partial charge in [-0.2, -0.15) is 86.4 Å². The molecule has 0 spiro atoms. The summed E-state index contributed by atoms with van der Waals surface area (Å²) >= 11 is 0.410. The number of alkyl halides is 17. The maximum atomic E-state index is 13.7. The predicted octanol–water partition coefficient (Wildman–Crippen LogP) is 7.46. The average Bonchev–Trinajstić information content (AvgIpc) is 2.68. The third-order valence-corrected chi connectivity index (χ3v) is 5.76. The van der Waals surface area contributed by atoms with E-state index >= 15 is 0 Å². The maximum absolute atomic E-state index is 13.7. The Balaban J connectivity index is 6.00. The minimum Gasteiger partial charge on any atom is -0.303 e. The smallest absolute Gasteiger partial charge is 0.303 e. The molecule has 0 aromatic heterocycles. The molecule has 0 N–H and O–H groups in total. The fraction of sp³-hybridized carbons (Fsp3) is 1.00. The zero-order valence-electron chi connectivity index (χ0n) is 17.5. The standard InChI is InChI=1S/C16H18F17NS/c1-3-34(4-2)6-8-35-7-5-9(17,18)10(19,20)11(21,22)12(23,24)13(25,26)14(27,28)15(29,30)16(31,32)33/h3-8H2,1-2H3. The van der Waals surface area contributed by atoms with Crippen LogP contribution in [0.25, 0.3) is 0 Å². The molecule has 1 nitrogen and oxygen atoms in total. The van der Waals surface area contributed by atoms with Gasteiger partial charge in [-0.25, -0.2) is 0 Å². The van der Waals surface area contributed by atoms with Crippen LogP contribution in [0.1, 0.15) is 20.3 Å². The predicted molar refractivity (Wildman–Crippen MR) is 90.4 cm³/mol. The van der Waals surface area contributed by atoms with E-state index in [1.807, 2.05) is 0 Å². The topological polar surface area (TPSA) is 3.24 Å². The van der Waals surface area contributed by atoms with Crippen LogP contribution in [0.2, 0.25) is 0 Å². The Bertz CT molecular complexity index is 684. The van der Waals surface area contributed by atoms with Gasteiger partial charge in [-0.05, 0) is 18.8 Å². The Hall–Kier alpha value is -0.880. The summed E-state index contributed by atoms with van der Waals surface area (Å²) in [6.45, 7) is 4.43. The van der Waals surface area contributed by atoms with Crippen molar-refractivity contribution in [1.29, 1.82) is 0 Å². The lowest BCUT2D eigenvalue weighted by Gasteiger charge is -2.42. The van der Waals surface area contributed by atoms with E-state index in [1.54, 1.807) is 18.7 Å². The quantitative estimate of drug-likeness (QED) is 0.155. The highest BCUT2D eigenvalue weighted by atomic mass is 32.2. The van der Waals surface area contributed by atoms with Gasteiger partial charge in [0.15, 0.2) is 0 Å². The Morgan fingerprint density at radius 2 is 0.829 bits per heavy atom. The number of hydrogen-bond acceptors (Lipinski definition) is 2. The van der Waals surface area contributed by atoms with Crippen LogP contribution in [0.5, 0.6) is 0 Å². The van der Waals surface area contributed by atoms with Gasteiger partial charge in [0.05, 0.1) is 0 Å². The van der Waals surface area contributed by atoms with Crippen LogP contribution in [0, 0.1) is 0 Å². The zero-order chi connectivity index (χ0) is 28.5. The number of halogens is 17. The first-order chi connectivity index (χ1) is 15.2. The van der Waals surface area contributed by atoms with Crippen molar-refractivity contribution in [3.05, 3.63) is 0 Å². The molecule has 0 radical (unpaired) electrons. The second-order valence-corrected chi connectivity index (χ2v) is 8.26. The first-order valence-electron chi connectivity index (χ1n) is 9.26. The van der Waals surface area contributed by atoms with Gasteiger partial charge in [-0.1, -0.05) is 13.8 Å². The molecular formula is C16H18F17NS. The van der Waals surface area contributed by atoms with Crippen LogP contribution in [0.4, 0.5) is 74.6 Å². The van der Waals surface area contributed by atoms with E-state index in [2.05, 4.69) is 0 Å². The number of nitrogens with zero attached hydrogens (tertiary/aromatic N) is 1. The molecule has 0 amide bonds. The van der Waals surface area contributed by atoms with Crippen molar-refractivity contribution < 1.29 is 74.6 Å². The first kappa shape index (κ1) is 34.1. The molecule has 0 heterocycles. The minimum atomic E-state index is -8.58. The van der Waals surface area contributed by atoms with Crippen molar-refractivity contribution in [3.63, 3.8) is 0 Å². The maximum Gasteiger partial charge on any atom is 0.460 e. The molecule has 0 bridgehead atoms. The summed E-state index contributed by atoms with van der Waals surface area (Å²) in [6, 6.07) is 0. The Morgan fingerprint density at radius 3 is 1.17 bits per heavy atom. The molecule has 0 unspecified atom stereocenters. The van der Waals surface area contributed by atoms with Crippen LogP contribution >= 0.6 is 11.8 Å². The molecule has 0 aliphatic rings. The fourth-order valence-electron chi connectivity index (χ4n) is 2.39. The van der Waals surface area contributed by atoms with E-state index in [1.165, 1.54) is 0 Å². The third-order valence-electron chi connectivity index (χ3n) is 4.79. The SMILES string of the molecule is CCN(CC)CCSCCC(F)(F)C(F)(F)C(F)(F)C(F)(F)C(F)(F)C(F)(F)C(F)(F)C(F)(F)F. The third kappa shape index (κ3) is 5.68. The number of rotatable bonds is 14. The fourth-order valence-corrected chi connectivity index (χ4v) is 3.38. The molecule has 0 aliphatic heterocycles. The molecule has 0 saturated heterocycles. The Kier molecular flexibility index (Phi) is 10.2. The number of thioether (sulfide) groups is 1. The normalized spacial score (nSPS) is 15.8. The number of hydrogen-bond donors (Lipinski definition) is 0. The molecule has 0 aromatic carbocycles.